The van der Waals surface area contributed by atoms with Gasteiger partial charge in [-0.15, -0.1) is 0 Å². The molecule has 0 saturated heterocycles. The number of halogens is 1. The molecule has 0 spiro atoms. The van der Waals surface area contributed by atoms with Gasteiger partial charge in [0.25, 0.3) is 0 Å². The van der Waals surface area contributed by atoms with Crippen LogP contribution in [-0.2, 0) is 13.0 Å². The molecule has 94 valence electrons. The molecule has 0 radical (unpaired) electrons. The predicted octanol–water partition coefficient (Wildman–Crippen LogP) is 2.26. The van der Waals surface area contributed by atoms with Gasteiger partial charge in [-0.1, -0.05) is 6.07 Å². The van der Waals surface area contributed by atoms with Crippen molar-refractivity contribution in [2.45, 2.75) is 13.0 Å². The Morgan fingerprint density at radius 1 is 1.22 bits per heavy atom. The maximum absolute atomic E-state index is 13.0. The summed E-state index contributed by atoms with van der Waals surface area (Å²) >= 11 is 0. The monoisotopic (exact) mass is 246 g/mol. The molecule has 18 heavy (non-hydrogen) atoms. The van der Waals surface area contributed by atoms with Gasteiger partial charge in [-0.05, 0) is 42.3 Å². The summed E-state index contributed by atoms with van der Waals surface area (Å²) in [6, 6.07) is 7.98. The summed E-state index contributed by atoms with van der Waals surface area (Å²) in [7, 11) is 0. The summed E-state index contributed by atoms with van der Waals surface area (Å²) < 4.78 is 13.0. The molecule has 1 aromatic carbocycles. The van der Waals surface area contributed by atoms with E-state index in [-0.39, 0.29) is 5.75 Å². The number of aromatic hydroxyl groups is 1. The molecule has 0 amide bonds. The van der Waals surface area contributed by atoms with Crippen molar-refractivity contribution in [1.29, 1.82) is 0 Å². The third-order valence-electron chi connectivity index (χ3n) is 2.58. The van der Waals surface area contributed by atoms with Gasteiger partial charge in [0.2, 0.25) is 0 Å². The summed E-state index contributed by atoms with van der Waals surface area (Å²) in [5.41, 5.74) is 1.89. The van der Waals surface area contributed by atoms with E-state index < -0.39 is 5.82 Å². The Bertz CT molecular complexity index is 482. The van der Waals surface area contributed by atoms with Crippen molar-refractivity contribution in [3.8, 4) is 5.75 Å². The van der Waals surface area contributed by atoms with E-state index in [1.54, 1.807) is 12.3 Å². The molecule has 0 saturated carbocycles. The second-order valence-corrected chi connectivity index (χ2v) is 4.11. The number of benzene rings is 1. The van der Waals surface area contributed by atoms with Crippen LogP contribution < -0.4 is 5.32 Å². The fraction of sp³-hybridized carbons (Fsp3) is 0.214. The quantitative estimate of drug-likeness (QED) is 0.795. The summed E-state index contributed by atoms with van der Waals surface area (Å²) in [4.78, 5) is 4.03. The number of nitrogens with zero attached hydrogens (tertiary/aromatic N) is 1. The van der Waals surface area contributed by atoms with Gasteiger partial charge in [-0.2, -0.15) is 0 Å². The van der Waals surface area contributed by atoms with Crippen molar-refractivity contribution < 1.29 is 9.50 Å². The number of nitrogens with one attached hydrogen (secondary N) is 1. The second kappa shape index (κ2) is 6.12. The molecular weight excluding hydrogens is 231 g/mol. The highest BCUT2D eigenvalue weighted by molar-refractivity contribution is 5.28. The molecule has 0 aliphatic rings. The van der Waals surface area contributed by atoms with Gasteiger partial charge in [0.15, 0.2) is 0 Å². The normalized spacial score (nSPS) is 10.5. The zero-order chi connectivity index (χ0) is 12.8. The third-order valence-corrected chi connectivity index (χ3v) is 2.58. The van der Waals surface area contributed by atoms with Crippen molar-refractivity contribution in [3.63, 3.8) is 0 Å². The van der Waals surface area contributed by atoms with E-state index in [0.717, 1.165) is 30.2 Å². The topological polar surface area (TPSA) is 45.1 Å². The van der Waals surface area contributed by atoms with Crippen LogP contribution in [0.5, 0.6) is 5.75 Å². The Balaban J connectivity index is 1.78. The number of hydrogen-bond donors (Lipinski definition) is 2. The lowest BCUT2D eigenvalue weighted by Crippen LogP contribution is -2.16. The van der Waals surface area contributed by atoms with Crippen LogP contribution in [0.2, 0.25) is 0 Å². The molecule has 2 aromatic rings. The molecule has 4 heteroatoms. The minimum atomic E-state index is -0.418. The van der Waals surface area contributed by atoms with E-state index in [4.69, 9.17) is 0 Å². The predicted molar refractivity (Wildman–Crippen MR) is 67.7 cm³/mol. The van der Waals surface area contributed by atoms with Gasteiger partial charge in [-0.25, -0.2) is 4.39 Å². The van der Waals surface area contributed by atoms with E-state index in [1.807, 2.05) is 18.3 Å². The number of phenols is 1. The number of hydrogen-bond acceptors (Lipinski definition) is 3. The maximum atomic E-state index is 13.0. The SMILES string of the molecule is Oc1cc(F)cc(CNCCc2cccnc2)c1. The number of phenolic OH excluding ortho intramolecular Hbond substituents is 1. The lowest BCUT2D eigenvalue weighted by atomic mass is 10.2. The zero-order valence-electron chi connectivity index (χ0n) is 9.94. The average Bonchev–Trinajstić information content (AvgIpc) is 2.35. The van der Waals surface area contributed by atoms with E-state index >= 15 is 0 Å². The van der Waals surface area contributed by atoms with Crippen LogP contribution >= 0.6 is 0 Å². The highest BCUT2D eigenvalue weighted by Crippen LogP contribution is 2.14. The molecule has 3 nitrogen and oxygen atoms in total. The van der Waals surface area contributed by atoms with E-state index in [1.165, 1.54) is 6.07 Å². The molecule has 0 fully saturated rings. The van der Waals surface area contributed by atoms with Crippen LogP contribution in [0.4, 0.5) is 4.39 Å². The van der Waals surface area contributed by atoms with Crippen LogP contribution in [0.1, 0.15) is 11.1 Å². The second-order valence-electron chi connectivity index (χ2n) is 4.11. The van der Waals surface area contributed by atoms with Gasteiger partial charge in [0.1, 0.15) is 11.6 Å². The van der Waals surface area contributed by atoms with Crippen LogP contribution in [0, 0.1) is 5.82 Å². The molecule has 0 bridgehead atoms. The molecule has 1 heterocycles. The van der Waals surface area contributed by atoms with Crippen LogP contribution in [0.25, 0.3) is 0 Å². The van der Waals surface area contributed by atoms with Crippen molar-refractivity contribution in [2.24, 2.45) is 0 Å². The summed E-state index contributed by atoms with van der Waals surface area (Å²) in [6.07, 6.45) is 4.44. The molecule has 0 aliphatic heterocycles. The van der Waals surface area contributed by atoms with Crippen LogP contribution in [0.15, 0.2) is 42.7 Å². The lowest BCUT2D eigenvalue weighted by Gasteiger charge is -2.05. The van der Waals surface area contributed by atoms with Gasteiger partial charge in [0, 0.05) is 25.0 Å². The highest BCUT2D eigenvalue weighted by atomic mass is 19.1. The smallest absolute Gasteiger partial charge is 0.127 e. The fourth-order valence-corrected chi connectivity index (χ4v) is 1.75. The van der Waals surface area contributed by atoms with Gasteiger partial charge in [-0.3, -0.25) is 4.98 Å². The summed E-state index contributed by atoms with van der Waals surface area (Å²) in [5.74, 6) is -0.460. The molecule has 2 rings (SSSR count). The van der Waals surface area contributed by atoms with E-state index in [9.17, 15) is 9.50 Å². The minimum Gasteiger partial charge on any atom is -0.508 e. The Morgan fingerprint density at radius 3 is 2.83 bits per heavy atom. The maximum Gasteiger partial charge on any atom is 0.127 e. The molecule has 0 atom stereocenters. The summed E-state index contributed by atoms with van der Waals surface area (Å²) in [6.45, 7) is 1.31. The third kappa shape index (κ3) is 3.82. The number of pyridine rings is 1. The van der Waals surface area contributed by atoms with Crippen molar-refractivity contribution in [1.82, 2.24) is 10.3 Å². The number of aromatic nitrogens is 1. The zero-order valence-corrected chi connectivity index (χ0v) is 9.94. The van der Waals surface area contributed by atoms with Crippen LogP contribution in [0.3, 0.4) is 0 Å². The standard InChI is InChI=1S/C14H15FN2O/c15-13-6-12(7-14(18)8-13)10-17-5-3-11-2-1-4-16-9-11/h1-2,4,6-9,17-18H,3,5,10H2. The molecular formula is C14H15FN2O. The Morgan fingerprint density at radius 2 is 2.11 bits per heavy atom. The molecule has 1 aromatic heterocycles. The van der Waals surface area contributed by atoms with Crippen molar-refractivity contribution >= 4 is 0 Å². The minimum absolute atomic E-state index is 0.0425. The first-order valence-electron chi connectivity index (χ1n) is 5.82. The lowest BCUT2D eigenvalue weighted by molar-refractivity contribution is 0.467. The Labute approximate surface area is 105 Å². The first kappa shape index (κ1) is 12.5. The van der Waals surface area contributed by atoms with Crippen LogP contribution in [-0.4, -0.2) is 16.6 Å². The highest BCUT2D eigenvalue weighted by Gasteiger charge is 1.99. The average molecular weight is 246 g/mol. The Kier molecular flexibility index (Phi) is 4.25. The first-order valence-corrected chi connectivity index (χ1v) is 5.82. The van der Waals surface area contributed by atoms with E-state index in [2.05, 4.69) is 10.3 Å². The molecule has 0 aliphatic carbocycles. The van der Waals surface area contributed by atoms with Gasteiger partial charge in [0.05, 0.1) is 0 Å². The summed E-state index contributed by atoms with van der Waals surface area (Å²) in [5, 5.41) is 12.5. The van der Waals surface area contributed by atoms with Gasteiger partial charge >= 0.3 is 0 Å². The number of rotatable bonds is 5. The van der Waals surface area contributed by atoms with Gasteiger partial charge < -0.3 is 10.4 Å². The largest absolute Gasteiger partial charge is 0.508 e. The fourth-order valence-electron chi connectivity index (χ4n) is 1.75. The van der Waals surface area contributed by atoms with Crippen molar-refractivity contribution in [3.05, 3.63) is 59.7 Å². The molecule has 0 unspecified atom stereocenters. The first-order chi connectivity index (χ1) is 8.74. The van der Waals surface area contributed by atoms with Crippen molar-refractivity contribution in [2.75, 3.05) is 6.54 Å². The Hall–Kier alpha value is -1.94. The van der Waals surface area contributed by atoms with E-state index in [0.29, 0.717) is 6.54 Å². The molecule has 2 N–H and O–H groups in total.